The van der Waals surface area contributed by atoms with Crippen molar-refractivity contribution in [2.75, 3.05) is 26.2 Å². The van der Waals surface area contributed by atoms with Gasteiger partial charge in [-0.3, -0.25) is 14.4 Å². The molecule has 0 saturated carbocycles. The number of rotatable bonds is 4. The van der Waals surface area contributed by atoms with Crippen LogP contribution in [-0.2, 0) is 41.0 Å². The second kappa shape index (κ2) is 44.3. The van der Waals surface area contributed by atoms with Crippen LogP contribution in [0.3, 0.4) is 0 Å². The van der Waals surface area contributed by atoms with Gasteiger partial charge in [0.25, 0.3) is 17.9 Å². The zero-order valence-corrected chi connectivity index (χ0v) is 17.4. The number of hydrogen-bond donors (Lipinski definition) is 6. The molecule has 0 amide bonds. The summed E-state index contributed by atoms with van der Waals surface area (Å²) in [7, 11) is 0. The molecule has 0 unspecified atom stereocenters. The van der Waals surface area contributed by atoms with Crippen LogP contribution in [0.1, 0.15) is 34.6 Å². The molecule has 0 aromatic carbocycles. The molecule has 0 heterocycles. The fraction of sp³-hybridized carbons (Fsp3) is 0.643. The van der Waals surface area contributed by atoms with Gasteiger partial charge in [-0.05, 0) is 13.8 Å². The predicted molar refractivity (Wildman–Crippen MR) is 92.3 cm³/mol. The summed E-state index contributed by atoms with van der Waals surface area (Å²) in [5, 5.41) is 43.1. The molecule has 173 valence electrons. The van der Waals surface area contributed by atoms with Crippen molar-refractivity contribution < 1.29 is 66.6 Å². The Bertz CT molecular complexity index is 289. The topological polar surface area (TPSA) is 256 Å². The first-order valence-electron chi connectivity index (χ1n) is 7.12. The largest absolute Gasteiger partial charge is 2.00 e. The van der Waals surface area contributed by atoms with E-state index >= 15 is 0 Å². The number of nitrogens with two attached hydrogens (primary N) is 2. The SMILES string of the molecule is CC(=O)O.CC(=O)O.CC(=O)O.CC(=O)[O-].CC(=O)[O-].NCCNCCN.[Cu+2]. The number of aliphatic carboxylic acids is 5. The quantitative estimate of drug-likeness (QED) is 0.173. The summed E-state index contributed by atoms with van der Waals surface area (Å²) in [6, 6.07) is 0. The van der Waals surface area contributed by atoms with Crippen LogP contribution < -0.4 is 27.0 Å². The summed E-state index contributed by atoms with van der Waals surface area (Å²) < 4.78 is 0. The Kier molecular flexibility index (Phi) is 71.0. The Morgan fingerprint density at radius 3 is 0.857 bits per heavy atom. The van der Waals surface area contributed by atoms with Crippen molar-refractivity contribution in [3.8, 4) is 0 Å². The number of nitrogens with one attached hydrogen (secondary N) is 1. The Morgan fingerprint density at radius 1 is 0.679 bits per heavy atom. The molecule has 14 heteroatoms. The Hall–Kier alpha value is -2.25. The van der Waals surface area contributed by atoms with Gasteiger partial charge in [-0.25, -0.2) is 0 Å². The second-order valence-electron chi connectivity index (χ2n) is 3.87. The average molecular weight is 465 g/mol. The van der Waals surface area contributed by atoms with E-state index in [-0.39, 0.29) is 17.1 Å². The standard InChI is InChI=1S/C4H13N3.5C2H4O2.Cu/c5-1-3-7-4-2-6;5*1-2(3)4;/h7H,1-6H2;5*1H3,(H,3,4);/q;;;;;;+2/p-2. The minimum absolute atomic E-state index is 0. The smallest absolute Gasteiger partial charge is 0.550 e. The van der Waals surface area contributed by atoms with Crippen LogP contribution in [0.4, 0.5) is 0 Å². The van der Waals surface area contributed by atoms with Crippen LogP contribution in [0, 0.1) is 0 Å². The van der Waals surface area contributed by atoms with E-state index in [2.05, 4.69) is 5.32 Å². The third-order valence-corrected chi connectivity index (χ3v) is 0.642. The van der Waals surface area contributed by atoms with Crippen molar-refractivity contribution >= 4 is 29.8 Å². The van der Waals surface area contributed by atoms with Crippen molar-refractivity contribution in [2.45, 2.75) is 34.6 Å². The van der Waals surface area contributed by atoms with Crippen molar-refractivity contribution in [2.24, 2.45) is 11.5 Å². The summed E-state index contributed by atoms with van der Waals surface area (Å²) >= 11 is 0. The molecule has 0 aromatic heterocycles. The summed E-state index contributed by atoms with van der Waals surface area (Å²) in [6.45, 7) is 8.33. The predicted octanol–water partition coefficient (Wildman–Crippen LogP) is -3.72. The number of hydrogen-bond acceptors (Lipinski definition) is 10. The van der Waals surface area contributed by atoms with E-state index in [4.69, 9.17) is 61.0 Å². The fourth-order valence-electron chi connectivity index (χ4n) is 0.329. The van der Waals surface area contributed by atoms with Crippen LogP contribution in [0.5, 0.6) is 0 Å². The zero-order valence-electron chi connectivity index (χ0n) is 16.5. The first-order valence-corrected chi connectivity index (χ1v) is 7.12. The van der Waals surface area contributed by atoms with E-state index in [0.717, 1.165) is 47.7 Å². The van der Waals surface area contributed by atoms with Gasteiger partial charge in [-0.2, -0.15) is 0 Å². The number of carboxylic acid groups (broad SMARTS) is 5. The summed E-state index contributed by atoms with van der Waals surface area (Å²) in [6.07, 6.45) is 0. The average Bonchev–Trinajstić information content (AvgIpc) is 2.35. The maximum Gasteiger partial charge on any atom is 2.00 e. The van der Waals surface area contributed by atoms with Gasteiger partial charge in [0.2, 0.25) is 0 Å². The van der Waals surface area contributed by atoms with E-state index in [1.54, 1.807) is 0 Å². The molecule has 0 spiro atoms. The van der Waals surface area contributed by atoms with E-state index in [9.17, 15) is 0 Å². The van der Waals surface area contributed by atoms with Crippen molar-refractivity contribution in [3.63, 3.8) is 0 Å². The molecule has 0 rings (SSSR count). The van der Waals surface area contributed by atoms with Crippen LogP contribution >= 0.6 is 0 Å². The van der Waals surface area contributed by atoms with E-state index in [0.29, 0.717) is 13.1 Å². The first-order chi connectivity index (χ1) is 12.1. The van der Waals surface area contributed by atoms with Crippen LogP contribution in [0.25, 0.3) is 0 Å². The monoisotopic (exact) mass is 464 g/mol. The van der Waals surface area contributed by atoms with Crippen LogP contribution in [0.2, 0.25) is 0 Å². The molecular weight excluding hydrogens is 434 g/mol. The van der Waals surface area contributed by atoms with Gasteiger partial charge in [0, 0.05) is 58.9 Å². The molecule has 13 nitrogen and oxygen atoms in total. The Labute approximate surface area is 174 Å². The molecule has 28 heavy (non-hydrogen) atoms. The minimum atomic E-state index is -1.08. The summed E-state index contributed by atoms with van der Waals surface area (Å²) in [4.78, 5) is 44.8. The van der Waals surface area contributed by atoms with Gasteiger partial charge in [0.15, 0.2) is 0 Å². The van der Waals surface area contributed by atoms with Crippen molar-refractivity contribution in [1.82, 2.24) is 5.32 Å². The molecule has 8 N–H and O–H groups in total. The molecule has 0 aliphatic rings. The third kappa shape index (κ3) is 4020. The Morgan fingerprint density at radius 2 is 0.786 bits per heavy atom. The molecule has 0 saturated heterocycles. The number of carboxylic acids is 5. The molecule has 0 aromatic rings. The molecular formula is C14H31CuN3O10. The van der Waals surface area contributed by atoms with Gasteiger partial charge < -0.3 is 51.9 Å². The minimum Gasteiger partial charge on any atom is -0.550 e. The second-order valence-corrected chi connectivity index (χ2v) is 3.87. The molecule has 0 aliphatic heterocycles. The van der Waals surface area contributed by atoms with E-state index < -0.39 is 29.8 Å². The summed E-state index contributed by atoms with van der Waals surface area (Å²) in [5.74, 6) is -4.67. The molecule has 0 bridgehead atoms. The third-order valence-electron chi connectivity index (χ3n) is 0.642. The van der Waals surface area contributed by atoms with Crippen molar-refractivity contribution in [3.05, 3.63) is 0 Å². The maximum absolute atomic E-state index is 9.00. The van der Waals surface area contributed by atoms with Gasteiger partial charge in [-0.15, -0.1) is 0 Å². The van der Waals surface area contributed by atoms with Gasteiger partial charge in [0.1, 0.15) is 0 Å². The number of carbonyl (C=O) groups excluding carboxylic acids is 2. The van der Waals surface area contributed by atoms with Crippen LogP contribution in [0.15, 0.2) is 0 Å². The van der Waals surface area contributed by atoms with Crippen LogP contribution in [-0.4, -0.2) is 71.3 Å². The first kappa shape index (κ1) is 44.9. The fourth-order valence-corrected chi connectivity index (χ4v) is 0.329. The molecule has 1 radical (unpaired) electrons. The molecule has 0 atom stereocenters. The van der Waals surface area contributed by atoms with E-state index in [1.807, 2.05) is 0 Å². The van der Waals surface area contributed by atoms with Gasteiger partial charge >= 0.3 is 17.1 Å². The normalized spacial score (nSPS) is 6.82. The number of carbonyl (C=O) groups is 5. The van der Waals surface area contributed by atoms with Crippen molar-refractivity contribution in [1.29, 1.82) is 0 Å². The van der Waals surface area contributed by atoms with Gasteiger partial charge in [0.05, 0.1) is 0 Å². The van der Waals surface area contributed by atoms with Gasteiger partial charge in [-0.1, -0.05) is 0 Å². The summed E-state index contributed by atoms with van der Waals surface area (Å²) in [5.41, 5.74) is 10.3. The Balaban J connectivity index is -0.0000000382. The molecule has 0 fully saturated rings. The maximum atomic E-state index is 9.00. The zero-order chi connectivity index (χ0) is 23.4. The molecule has 0 aliphatic carbocycles. The van der Waals surface area contributed by atoms with E-state index in [1.165, 1.54) is 0 Å².